The van der Waals surface area contributed by atoms with E-state index in [1.165, 1.54) is 13.3 Å². The standard InChI is InChI=1S/C30H31N7O6/c1-17(32-29(40)41-4)10-13-24-35-26(43-37-24)21-15-31-28(36-25(21)34-23(16-38)18-8-6-5-7-9-18)33-19-11-12-20-22(14-19)30(2,3)42-27(20)39/h5-9,11-12,14-15,23,38H,1,10,13,16H2,2-4H3,(H,32,40)(H2,31,33,34,36)/t23-/m1/s1. The van der Waals surface area contributed by atoms with Crippen molar-refractivity contribution >= 4 is 29.5 Å². The van der Waals surface area contributed by atoms with Gasteiger partial charge in [-0.05, 0) is 44.0 Å². The van der Waals surface area contributed by atoms with Gasteiger partial charge in [0.1, 0.15) is 17.0 Å². The number of esters is 1. The second kappa shape index (κ2) is 12.3. The number of nitrogens with zero attached hydrogens (tertiary/aromatic N) is 4. The maximum atomic E-state index is 12.2. The van der Waals surface area contributed by atoms with Crippen molar-refractivity contribution in [3.05, 3.63) is 89.5 Å². The molecule has 0 saturated carbocycles. The number of anilines is 3. The van der Waals surface area contributed by atoms with Gasteiger partial charge in [0.15, 0.2) is 5.82 Å². The lowest BCUT2D eigenvalue weighted by atomic mass is 9.95. The van der Waals surface area contributed by atoms with Crippen molar-refractivity contribution in [1.29, 1.82) is 0 Å². The molecule has 13 heteroatoms. The molecule has 1 amide bonds. The molecule has 4 aromatic rings. The van der Waals surface area contributed by atoms with Gasteiger partial charge in [0.05, 0.1) is 25.3 Å². The molecule has 1 aliphatic rings. The fraction of sp³-hybridized carbons (Fsp3) is 0.267. The van der Waals surface area contributed by atoms with Crippen molar-refractivity contribution in [3.63, 3.8) is 0 Å². The maximum absolute atomic E-state index is 12.2. The number of alkyl carbamates (subject to hydrolysis) is 1. The normalized spacial score (nSPS) is 13.9. The molecule has 13 nitrogen and oxygen atoms in total. The highest BCUT2D eigenvalue weighted by molar-refractivity contribution is 5.95. The largest absolute Gasteiger partial charge is 0.453 e. The van der Waals surface area contributed by atoms with Crippen LogP contribution >= 0.6 is 0 Å². The lowest BCUT2D eigenvalue weighted by molar-refractivity contribution is 0.00954. The number of methoxy groups -OCH3 is 1. The number of cyclic esters (lactones) is 1. The van der Waals surface area contributed by atoms with Gasteiger partial charge in [-0.25, -0.2) is 14.6 Å². The number of hydrogen-bond donors (Lipinski definition) is 4. The van der Waals surface area contributed by atoms with Crippen molar-refractivity contribution in [2.24, 2.45) is 0 Å². The zero-order valence-electron chi connectivity index (χ0n) is 23.9. The van der Waals surface area contributed by atoms with Gasteiger partial charge in [-0.1, -0.05) is 42.1 Å². The molecule has 1 atom stereocenters. The van der Waals surface area contributed by atoms with Crippen molar-refractivity contribution in [3.8, 4) is 11.5 Å². The molecule has 0 radical (unpaired) electrons. The molecule has 0 fully saturated rings. The van der Waals surface area contributed by atoms with Crippen LogP contribution in [-0.4, -0.2) is 51.0 Å². The Morgan fingerprint density at radius 2 is 1.93 bits per heavy atom. The van der Waals surface area contributed by atoms with Crippen LogP contribution in [0.4, 0.5) is 22.2 Å². The summed E-state index contributed by atoms with van der Waals surface area (Å²) in [7, 11) is 1.27. The molecule has 0 spiro atoms. The van der Waals surface area contributed by atoms with E-state index in [1.807, 2.05) is 50.2 Å². The summed E-state index contributed by atoms with van der Waals surface area (Å²) in [5.74, 6) is 0.777. The number of carbonyl (C=O) groups excluding carboxylic acids is 2. The predicted molar refractivity (Wildman–Crippen MR) is 156 cm³/mol. The molecule has 2 aromatic carbocycles. The highest BCUT2D eigenvalue weighted by Crippen LogP contribution is 2.38. The molecule has 4 N–H and O–H groups in total. The number of aryl methyl sites for hydroxylation is 1. The molecule has 0 saturated heterocycles. The Labute approximate surface area is 247 Å². The third-order valence-electron chi connectivity index (χ3n) is 6.79. The zero-order valence-corrected chi connectivity index (χ0v) is 23.9. The molecular weight excluding hydrogens is 554 g/mol. The minimum atomic E-state index is -0.761. The molecular formula is C30H31N7O6. The van der Waals surface area contributed by atoms with Gasteiger partial charge in [0, 0.05) is 29.6 Å². The number of nitrogens with one attached hydrogen (secondary N) is 3. The van der Waals surface area contributed by atoms with Crippen LogP contribution in [-0.2, 0) is 21.5 Å². The Morgan fingerprint density at radius 1 is 1.14 bits per heavy atom. The van der Waals surface area contributed by atoms with E-state index in [4.69, 9.17) is 9.26 Å². The van der Waals surface area contributed by atoms with Gasteiger partial charge < -0.3 is 29.7 Å². The molecule has 0 bridgehead atoms. The Morgan fingerprint density at radius 3 is 2.67 bits per heavy atom. The number of hydrogen-bond acceptors (Lipinski definition) is 12. The van der Waals surface area contributed by atoms with E-state index in [1.54, 1.807) is 12.1 Å². The van der Waals surface area contributed by atoms with E-state index in [-0.39, 0.29) is 24.4 Å². The van der Waals surface area contributed by atoms with E-state index in [2.05, 4.69) is 47.4 Å². The van der Waals surface area contributed by atoms with E-state index < -0.39 is 17.7 Å². The molecule has 5 rings (SSSR count). The lowest BCUT2D eigenvalue weighted by Gasteiger charge is -2.20. The van der Waals surface area contributed by atoms with Crippen molar-refractivity contribution < 1.29 is 28.7 Å². The van der Waals surface area contributed by atoms with E-state index in [0.717, 1.165) is 11.1 Å². The number of rotatable bonds is 11. The van der Waals surface area contributed by atoms with E-state index >= 15 is 0 Å². The highest BCUT2D eigenvalue weighted by Gasteiger charge is 2.37. The molecule has 222 valence electrons. The zero-order chi connectivity index (χ0) is 30.6. The van der Waals surface area contributed by atoms with Gasteiger partial charge in [-0.2, -0.15) is 9.97 Å². The summed E-state index contributed by atoms with van der Waals surface area (Å²) in [6, 6.07) is 14.2. The summed E-state index contributed by atoms with van der Waals surface area (Å²) in [4.78, 5) is 37.2. The van der Waals surface area contributed by atoms with Gasteiger partial charge in [-0.15, -0.1) is 0 Å². The van der Waals surface area contributed by atoms with Crippen LogP contribution in [0.5, 0.6) is 0 Å². The quantitative estimate of drug-likeness (QED) is 0.180. The van der Waals surface area contributed by atoms with Gasteiger partial charge in [0.2, 0.25) is 5.95 Å². The van der Waals surface area contributed by atoms with Crippen LogP contribution in [0.15, 0.2) is 71.5 Å². The first-order valence-electron chi connectivity index (χ1n) is 13.5. The minimum absolute atomic E-state index is 0.162. The number of aliphatic hydroxyl groups excluding tert-OH is 1. The van der Waals surface area contributed by atoms with Crippen LogP contribution in [0.1, 0.15) is 53.6 Å². The Kier molecular flexibility index (Phi) is 8.34. The number of fused-ring (bicyclic) bond motifs is 1. The number of carbonyl (C=O) groups is 2. The first-order chi connectivity index (χ1) is 20.7. The van der Waals surface area contributed by atoms with Crippen molar-refractivity contribution in [2.75, 3.05) is 24.4 Å². The summed E-state index contributed by atoms with van der Waals surface area (Å²) < 4.78 is 15.6. The van der Waals surface area contributed by atoms with Crippen molar-refractivity contribution in [2.45, 2.75) is 38.3 Å². The van der Waals surface area contributed by atoms with E-state index in [9.17, 15) is 14.7 Å². The molecule has 43 heavy (non-hydrogen) atoms. The van der Waals surface area contributed by atoms with Gasteiger partial charge in [-0.3, -0.25) is 5.32 Å². The van der Waals surface area contributed by atoms with Crippen LogP contribution in [0, 0.1) is 0 Å². The van der Waals surface area contributed by atoms with Crippen LogP contribution in [0.2, 0.25) is 0 Å². The van der Waals surface area contributed by atoms with Crippen LogP contribution in [0.3, 0.4) is 0 Å². The Hall–Kier alpha value is -5.30. The fourth-order valence-electron chi connectivity index (χ4n) is 4.55. The summed E-state index contributed by atoms with van der Waals surface area (Å²) in [5.41, 5.74) is 2.87. The van der Waals surface area contributed by atoms with Crippen LogP contribution < -0.4 is 16.0 Å². The number of amides is 1. The first kappa shape index (κ1) is 29.2. The average Bonchev–Trinajstić information content (AvgIpc) is 3.56. The number of benzene rings is 2. The topological polar surface area (TPSA) is 174 Å². The number of ether oxygens (including phenoxy) is 2. The van der Waals surface area contributed by atoms with Gasteiger partial charge >= 0.3 is 12.1 Å². The summed E-state index contributed by atoms with van der Waals surface area (Å²) >= 11 is 0. The lowest BCUT2D eigenvalue weighted by Crippen LogP contribution is -2.22. The minimum Gasteiger partial charge on any atom is -0.453 e. The SMILES string of the molecule is C=C(CCc1noc(-c2cnc(Nc3ccc4c(c3)C(C)(C)OC4=O)nc2N[C@H](CO)c2ccccc2)n1)NC(=O)OC. The number of aromatic nitrogens is 4. The van der Waals surface area contributed by atoms with Crippen molar-refractivity contribution in [1.82, 2.24) is 25.4 Å². The molecule has 2 aromatic heterocycles. The molecule has 0 aliphatic carbocycles. The predicted octanol–water partition coefficient (Wildman–Crippen LogP) is 4.62. The monoisotopic (exact) mass is 585 g/mol. The Bertz CT molecular complexity index is 1650. The van der Waals surface area contributed by atoms with Gasteiger partial charge in [0.25, 0.3) is 5.89 Å². The third-order valence-corrected chi connectivity index (χ3v) is 6.79. The smallest absolute Gasteiger partial charge is 0.411 e. The Balaban J connectivity index is 1.42. The van der Waals surface area contributed by atoms with E-state index in [0.29, 0.717) is 47.0 Å². The molecule has 1 aliphatic heterocycles. The molecule has 3 heterocycles. The molecule has 0 unspecified atom stereocenters. The second-order valence-corrected chi connectivity index (χ2v) is 10.3. The fourth-order valence-corrected chi connectivity index (χ4v) is 4.55. The number of aliphatic hydroxyl groups is 1. The average molecular weight is 586 g/mol. The second-order valence-electron chi connectivity index (χ2n) is 10.3. The highest BCUT2D eigenvalue weighted by atomic mass is 16.6. The van der Waals surface area contributed by atoms with Crippen LogP contribution in [0.25, 0.3) is 11.5 Å². The summed E-state index contributed by atoms with van der Waals surface area (Å²) in [6.07, 6.45) is 1.64. The summed E-state index contributed by atoms with van der Waals surface area (Å²) in [5, 5.41) is 23.2. The third kappa shape index (κ3) is 6.62. The summed E-state index contributed by atoms with van der Waals surface area (Å²) in [6.45, 7) is 7.25. The maximum Gasteiger partial charge on any atom is 0.411 e. The first-order valence-corrected chi connectivity index (χ1v) is 13.5. The number of allylic oxidation sites excluding steroid dienone is 1.